The van der Waals surface area contributed by atoms with Gasteiger partial charge in [-0.05, 0) is 44.0 Å². The number of nitrogens with zero attached hydrogens (tertiary/aromatic N) is 2. The standard InChI is InChI=1S/C21H44N2O.C6H6N2O/c1-21(2)17-14-12-10-8-6-4-3-5-7-9-11-13-15-18-22-19-16-20-23-24;7-6(9)5-2-1-3-8-4-5/h21-22H,3-20H2,1-2H3;1-4H,(H2,7,9). The Morgan fingerprint density at radius 3 is 1.82 bits per heavy atom. The molecule has 0 radical (unpaired) electrons. The Morgan fingerprint density at radius 2 is 1.39 bits per heavy atom. The molecule has 1 rings (SSSR count). The summed E-state index contributed by atoms with van der Waals surface area (Å²) in [5.74, 6) is 0.440. The predicted octanol–water partition coefficient (Wildman–Crippen LogP) is 7.03. The lowest BCUT2D eigenvalue weighted by atomic mass is 10.0. The maximum atomic E-state index is 10.4. The molecular weight excluding hydrogens is 412 g/mol. The number of nitroso groups, excluding NO2 is 1. The predicted molar refractivity (Wildman–Crippen MR) is 140 cm³/mol. The van der Waals surface area contributed by atoms with E-state index >= 15 is 0 Å². The molecule has 0 saturated heterocycles. The summed E-state index contributed by atoms with van der Waals surface area (Å²) in [4.78, 5) is 24.0. The minimum absolute atomic E-state index is 0.442. The molecule has 0 bridgehead atoms. The smallest absolute Gasteiger partial charge is 0.250 e. The van der Waals surface area contributed by atoms with E-state index in [1.54, 1.807) is 18.3 Å². The first-order valence-corrected chi connectivity index (χ1v) is 13.3. The van der Waals surface area contributed by atoms with Gasteiger partial charge >= 0.3 is 0 Å². The Kier molecular flexibility index (Phi) is 23.4. The molecule has 0 aliphatic heterocycles. The highest BCUT2D eigenvalue weighted by Gasteiger charge is 1.97. The van der Waals surface area contributed by atoms with Crippen LogP contribution in [0.2, 0.25) is 0 Å². The molecule has 6 nitrogen and oxygen atoms in total. The second-order valence-electron chi connectivity index (χ2n) is 9.34. The number of nitrogens with two attached hydrogens (primary N) is 1. The van der Waals surface area contributed by atoms with E-state index in [2.05, 4.69) is 29.3 Å². The second kappa shape index (κ2) is 24.8. The number of amides is 1. The van der Waals surface area contributed by atoms with Gasteiger partial charge in [0.15, 0.2) is 0 Å². The number of pyridine rings is 1. The monoisotopic (exact) mass is 462 g/mol. The fraction of sp³-hybridized carbons (Fsp3) is 0.778. The van der Waals surface area contributed by atoms with Gasteiger partial charge in [-0.15, -0.1) is 0 Å². The number of hydrogen-bond donors (Lipinski definition) is 2. The molecule has 1 aromatic heterocycles. The van der Waals surface area contributed by atoms with Crippen molar-refractivity contribution in [3.05, 3.63) is 35.0 Å². The van der Waals surface area contributed by atoms with E-state index < -0.39 is 5.91 Å². The van der Waals surface area contributed by atoms with E-state index in [1.165, 1.54) is 96.1 Å². The van der Waals surface area contributed by atoms with Crippen LogP contribution in [0.1, 0.15) is 121 Å². The van der Waals surface area contributed by atoms with Gasteiger partial charge in [0.1, 0.15) is 0 Å². The minimum Gasteiger partial charge on any atom is -0.366 e. The van der Waals surface area contributed by atoms with E-state index in [9.17, 15) is 9.70 Å². The molecule has 6 heteroatoms. The van der Waals surface area contributed by atoms with Crippen LogP contribution in [-0.4, -0.2) is 30.5 Å². The van der Waals surface area contributed by atoms with Gasteiger partial charge in [-0.1, -0.05) is 102 Å². The van der Waals surface area contributed by atoms with E-state index in [0.29, 0.717) is 12.1 Å². The third kappa shape index (κ3) is 24.7. The normalized spacial score (nSPS) is 10.6. The van der Waals surface area contributed by atoms with Gasteiger partial charge in [-0.25, -0.2) is 0 Å². The molecule has 0 unspecified atom stereocenters. The molecule has 3 N–H and O–H groups in total. The van der Waals surface area contributed by atoms with Gasteiger partial charge in [0, 0.05) is 12.4 Å². The lowest BCUT2D eigenvalue weighted by molar-refractivity contribution is 0.1000. The molecule has 1 heterocycles. The van der Waals surface area contributed by atoms with Crippen LogP contribution in [0, 0.1) is 10.8 Å². The summed E-state index contributed by atoms with van der Waals surface area (Å²) in [7, 11) is 0. The van der Waals surface area contributed by atoms with Crippen molar-refractivity contribution in [2.75, 3.05) is 19.6 Å². The first-order valence-electron chi connectivity index (χ1n) is 13.3. The Hall–Kier alpha value is -1.82. The molecule has 190 valence electrons. The number of rotatable bonds is 21. The van der Waals surface area contributed by atoms with Crippen LogP contribution in [0.25, 0.3) is 0 Å². The van der Waals surface area contributed by atoms with Crippen LogP contribution in [-0.2, 0) is 0 Å². The average Bonchev–Trinajstić information content (AvgIpc) is 2.81. The van der Waals surface area contributed by atoms with Gasteiger partial charge < -0.3 is 11.1 Å². The van der Waals surface area contributed by atoms with Gasteiger partial charge in [-0.2, -0.15) is 4.91 Å². The van der Waals surface area contributed by atoms with Crippen molar-refractivity contribution in [2.45, 2.75) is 110 Å². The fourth-order valence-electron chi connectivity index (χ4n) is 3.65. The summed E-state index contributed by atoms with van der Waals surface area (Å²) < 4.78 is 0. The molecule has 0 aliphatic rings. The molecule has 0 aromatic carbocycles. The van der Waals surface area contributed by atoms with E-state index in [1.807, 2.05) is 0 Å². The molecule has 0 fully saturated rings. The maximum absolute atomic E-state index is 10.4. The summed E-state index contributed by atoms with van der Waals surface area (Å²) in [6.45, 7) is 7.13. The van der Waals surface area contributed by atoms with Crippen LogP contribution < -0.4 is 11.1 Å². The number of aromatic nitrogens is 1. The SMILES string of the molecule is CC(C)CCCCCCCCCCCCCCCNCCCN=O.NC(=O)c1cccnc1. The van der Waals surface area contributed by atoms with Crippen LogP contribution in [0.5, 0.6) is 0 Å². The van der Waals surface area contributed by atoms with Crippen LogP contribution >= 0.6 is 0 Å². The number of carbonyl (C=O) groups is 1. The lowest BCUT2D eigenvalue weighted by Crippen LogP contribution is -2.17. The lowest BCUT2D eigenvalue weighted by Gasteiger charge is -2.05. The molecule has 33 heavy (non-hydrogen) atoms. The molecule has 0 atom stereocenters. The van der Waals surface area contributed by atoms with E-state index in [0.717, 1.165) is 25.4 Å². The van der Waals surface area contributed by atoms with Crippen molar-refractivity contribution in [1.29, 1.82) is 0 Å². The van der Waals surface area contributed by atoms with Crippen LogP contribution in [0.4, 0.5) is 0 Å². The molecular formula is C27H50N4O2. The van der Waals surface area contributed by atoms with Gasteiger partial charge in [0.2, 0.25) is 5.91 Å². The Labute approximate surface area is 202 Å². The molecule has 1 aromatic rings. The number of unbranched alkanes of at least 4 members (excludes halogenated alkanes) is 12. The number of carbonyl (C=O) groups excluding carboxylic acids is 1. The van der Waals surface area contributed by atoms with Gasteiger partial charge in [-0.3, -0.25) is 9.78 Å². The third-order valence-corrected chi connectivity index (χ3v) is 5.68. The topological polar surface area (TPSA) is 97.4 Å². The summed E-state index contributed by atoms with van der Waals surface area (Å²) in [5, 5.41) is 6.23. The second-order valence-corrected chi connectivity index (χ2v) is 9.34. The van der Waals surface area contributed by atoms with Crippen molar-refractivity contribution in [3.63, 3.8) is 0 Å². The van der Waals surface area contributed by atoms with Crippen LogP contribution in [0.3, 0.4) is 0 Å². The van der Waals surface area contributed by atoms with Crippen molar-refractivity contribution < 1.29 is 4.79 Å². The van der Waals surface area contributed by atoms with E-state index in [-0.39, 0.29) is 0 Å². The Morgan fingerprint density at radius 1 is 0.879 bits per heavy atom. The Bertz CT molecular complexity index is 552. The Balaban J connectivity index is 0.000000938. The zero-order chi connectivity index (χ0) is 24.4. The van der Waals surface area contributed by atoms with Crippen LogP contribution in [0.15, 0.2) is 29.7 Å². The molecule has 0 spiro atoms. The molecule has 0 saturated carbocycles. The highest BCUT2D eigenvalue weighted by molar-refractivity contribution is 5.92. The quantitative estimate of drug-likeness (QED) is 0.151. The minimum atomic E-state index is -0.442. The molecule has 0 aliphatic carbocycles. The fourth-order valence-corrected chi connectivity index (χ4v) is 3.65. The highest BCUT2D eigenvalue weighted by Crippen LogP contribution is 2.14. The molecule has 1 amide bonds. The van der Waals surface area contributed by atoms with Crippen molar-refractivity contribution in [3.8, 4) is 0 Å². The summed E-state index contributed by atoms with van der Waals surface area (Å²) in [5.41, 5.74) is 5.38. The number of nitrogens with one attached hydrogen (secondary N) is 1. The van der Waals surface area contributed by atoms with Crippen molar-refractivity contribution in [1.82, 2.24) is 10.3 Å². The van der Waals surface area contributed by atoms with Gasteiger partial charge in [0.25, 0.3) is 0 Å². The van der Waals surface area contributed by atoms with Crippen molar-refractivity contribution >= 4 is 5.91 Å². The summed E-state index contributed by atoms with van der Waals surface area (Å²) in [6.07, 6.45) is 23.7. The van der Waals surface area contributed by atoms with Crippen molar-refractivity contribution in [2.24, 2.45) is 16.8 Å². The largest absolute Gasteiger partial charge is 0.366 e. The maximum Gasteiger partial charge on any atom is 0.250 e. The summed E-state index contributed by atoms with van der Waals surface area (Å²) >= 11 is 0. The third-order valence-electron chi connectivity index (χ3n) is 5.68. The number of hydrogen-bond acceptors (Lipinski definition) is 5. The average molecular weight is 463 g/mol. The zero-order valence-corrected chi connectivity index (χ0v) is 21.4. The summed E-state index contributed by atoms with van der Waals surface area (Å²) in [6, 6.07) is 3.29. The zero-order valence-electron chi connectivity index (χ0n) is 21.4. The number of primary amides is 1. The van der Waals surface area contributed by atoms with Gasteiger partial charge in [0.05, 0.1) is 12.1 Å². The van der Waals surface area contributed by atoms with E-state index in [4.69, 9.17) is 5.73 Å². The highest BCUT2D eigenvalue weighted by atomic mass is 16.3. The first kappa shape index (κ1) is 31.2. The first-order chi connectivity index (χ1) is 16.1.